The molecule has 4 heteroatoms. The van der Waals surface area contributed by atoms with Crippen LogP contribution in [0.2, 0.25) is 0 Å². The summed E-state index contributed by atoms with van der Waals surface area (Å²) in [7, 11) is 0. The van der Waals surface area contributed by atoms with Crippen LogP contribution < -0.4 is 0 Å². The highest BCUT2D eigenvalue weighted by Crippen LogP contribution is 2.29. The summed E-state index contributed by atoms with van der Waals surface area (Å²) in [6, 6.07) is 13.8. The lowest BCUT2D eigenvalue weighted by Gasteiger charge is -2.04. The molecule has 1 heterocycles. The summed E-state index contributed by atoms with van der Waals surface area (Å²) < 4.78 is 3.05. The summed E-state index contributed by atoms with van der Waals surface area (Å²) in [5.74, 6) is 0.0863. The number of ketones is 1. The number of carbonyl (C=O) groups is 1. The molecule has 0 bridgehead atoms. The smallest absolute Gasteiger partial charge is 0.195 e. The van der Waals surface area contributed by atoms with E-state index in [4.69, 9.17) is 0 Å². The Morgan fingerprint density at radius 2 is 1.89 bits per heavy atom. The second-order valence-corrected chi connectivity index (χ2v) is 7.09. The minimum atomic E-state index is 0.0863. The van der Waals surface area contributed by atoms with Crippen LogP contribution in [-0.2, 0) is 0 Å². The molecule has 0 amide bonds. The maximum absolute atomic E-state index is 12.7. The Balaban J connectivity index is 2.16. The maximum Gasteiger partial charge on any atom is 0.195 e. The van der Waals surface area contributed by atoms with Crippen LogP contribution in [0.5, 0.6) is 0 Å². The van der Waals surface area contributed by atoms with Crippen LogP contribution in [0.15, 0.2) is 52.3 Å². The second kappa shape index (κ2) is 5.34. The molecular weight excluding hydrogens is 435 g/mol. The van der Waals surface area contributed by atoms with Crippen molar-refractivity contribution in [1.29, 1.82) is 0 Å². The van der Waals surface area contributed by atoms with E-state index >= 15 is 0 Å². The van der Waals surface area contributed by atoms with Crippen molar-refractivity contribution in [1.82, 2.24) is 0 Å². The van der Waals surface area contributed by atoms with Crippen LogP contribution in [0.25, 0.3) is 10.1 Å². The van der Waals surface area contributed by atoms with Gasteiger partial charge in [0.05, 0.1) is 0 Å². The predicted octanol–water partition coefficient (Wildman–Crippen LogP) is 5.50. The van der Waals surface area contributed by atoms with Crippen LogP contribution in [0, 0.1) is 3.57 Å². The van der Waals surface area contributed by atoms with Crippen molar-refractivity contribution in [2.24, 2.45) is 0 Å². The van der Waals surface area contributed by atoms with Gasteiger partial charge in [0.25, 0.3) is 0 Å². The summed E-state index contributed by atoms with van der Waals surface area (Å²) in [4.78, 5) is 12.7. The summed E-state index contributed by atoms with van der Waals surface area (Å²) >= 11 is 7.24. The van der Waals surface area contributed by atoms with Gasteiger partial charge in [-0.2, -0.15) is 0 Å². The van der Waals surface area contributed by atoms with Gasteiger partial charge in [0, 0.05) is 34.6 Å². The third-order valence-corrected chi connectivity index (χ3v) is 5.30. The zero-order valence-electron chi connectivity index (χ0n) is 9.69. The molecule has 0 radical (unpaired) electrons. The molecule has 0 unspecified atom stereocenters. The van der Waals surface area contributed by atoms with E-state index in [0.29, 0.717) is 0 Å². The van der Waals surface area contributed by atoms with Crippen molar-refractivity contribution in [2.45, 2.75) is 0 Å². The van der Waals surface area contributed by atoms with Gasteiger partial charge in [-0.1, -0.05) is 34.1 Å². The zero-order valence-corrected chi connectivity index (χ0v) is 14.3. The van der Waals surface area contributed by atoms with Crippen LogP contribution in [0.1, 0.15) is 15.9 Å². The van der Waals surface area contributed by atoms with Gasteiger partial charge in [-0.15, -0.1) is 11.3 Å². The SMILES string of the molecule is O=C(c1cc(Br)ccc1I)c1csc2ccccc12. The number of fused-ring (bicyclic) bond motifs is 1. The molecule has 0 aliphatic carbocycles. The molecule has 94 valence electrons. The van der Waals surface area contributed by atoms with Gasteiger partial charge in [-0.25, -0.2) is 0 Å². The molecule has 0 N–H and O–H groups in total. The Hall–Kier alpha value is -0.720. The summed E-state index contributed by atoms with van der Waals surface area (Å²) in [6.07, 6.45) is 0. The van der Waals surface area contributed by atoms with Crippen LogP contribution in [-0.4, -0.2) is 5.78 Å². The van der Waals surface area contributed by atoms with Crippen molar-refractivity contribution in [2.75, 3.05) is 0 Å². The van der Waals surface area contributed by atoms with E-state index in [9.17, 15) is 4.79 Å². The van der Waals surface area contributed by atoms with E-state index in [0.717, 1.165) is 29.3 Å². The molecule has 2 aromatic carbocycles. The highest BCUT2D eigenvalue weighted by molar-refractivity contribution is 14.1. The summed E-state index contributed by atoms with van der Waals surface area (Å²) in [5, 5.41) is 2.98. The van der Waals surface area contributed by atoms with Gasteiger partial charge in [0.1, 0.15) is 0 Å². The van der Waals surface area contributed by atoms with Crippen molar-refractivity contribution in [3.8, 4) is 0 Å². The molecule has 0 saturated heterocycles. The fourth-order valence-corrected chi connectivity index (χ4v) is 3.85. The lowest BCUT2D eigenvalue weighted by atomic mass is 10.0. The highest BCUT2D eigenvalue weighted by Gasteiger charge is 2.16. The number of hydrogen-bond acceptors (Lipinski definition) is 2. The van der Waals surface area contributed by atoms with E-state index in [2.05, 4.69) is 38.5 Å². The summed E-state index contributed by atoms with van der Waals surface area (Å²) in [5.41, 5.74) is 1.54. The molecule has 1 aromatic heterocycles. The molecule has 0 aliphatic rings. The third-order valence-electron chi connectivity index (χ3n) is 2.90. The standard InChI is InChI=1S/C15H8BrIOS/c16-9-5-6-13(17)11(7-9)15(18)12-8-19-14-4-2-1-3-10(12)14/h1-8H. The number of thiophene rings is 1. The van der Waals surface area contributed by atoms with Crippen molar-refractivity contribution in [3.05, 3.63) is 67.0 Å². The number of rotatable bonds is 2. The molecule has 1 nitrogen and oxygen atoms in total. The normalized spacial score (nSPS) is 10.8. The van der Waals surface area contributed by atoms with E-state index < -0.39 is 0 Å². The first-order valence-corrected chi connectivity index (χ1v) is 8.38. The summed E-state index contributed by atoms with van der Waals surface area (Å²) in [6.45, 7) is 0. The number of carbonyl (C=O) groups excluding carboxylic acids is 1. The highest BCUT2D eigenvalue weighted by atomic mass is 127. The van der Waals surface area contributed by atoms with Gasteiger partial charge in [-0.05, 0) is 46.9 Å². The average Bonchev–Trinajstić information content (AvgIpc) is 2.84. The van der Waals surface area contributed by atoms with Crippen LogP contribution >= 0.6 is 49.9 Å². The Bertz CT molecular complexity index is 779. The number of halogens is 2. The largest absolute Gasteiger partial charge is 0.289 e. The van der Waals surface area contributed by atoms with Gasteiger partial charge in [0.2, 0.25) is 0 Å². The molecule has 0 saturated carbocycles. The minimum absolute atomic E-state index is 0.0863. The molecule has 3 rings (SSSR count). The lowest BCUT2D eigenvalue weighted by Crippen LogP contribution is -2.02. The quantitative estimate of drug-likeness (QED) is 0.378. The van der Waals surface area contributed by atoms with E-state index in [1.807, 2.05) is 47.8 Å². The molecule has 0 atom stereocenters. The molecule has 0 fully saturated rings. The third kappa shape index (κ3) is 2.49. The van der Waals surface area contributed by atoms with Gasteiger partial charge in [-0.3, -0.25) is 4.79 Å². The van der Waals surface area contributed by atoms with E-state index in [1.165, 1.54) is 0 Å². The van der Waals surface area contributed by atoms with Crippen molar-refractivity contribution < 1.29 is 4.79 Å². The molecule has 0 spiro atoms. The maximum atomic E-state index is 12.7. The van der Waals surface area contributed by atoms with Crippen LogP contribution in [0.3, 0.4) is 0 Å². The number of hydrogen-bond donors (Lipinski definition) is 0. The molecule has 0 aliphatic heterocycles. The second-order valence-electron chi connectivity index (χ2n) is 4.10. The average molecular weight is 443 g/mol. The molecule has 3 aromatic rings. The first-order chi connectivity index (χ1) is 9.16. The van der Waals surface area contributed by atoms with E-state index in [-0.39, 0.29) is 5.78 Å². The van der Waals surface area contributed by atoms with Crippen LogP contribution in [0.4, 0.5) is 0 Å². The lowest BCUT2D eigenvalue weighted by molar-refractivity contribution is 0.104. The number of benzene rings is 2. The van der Waals surface area contributed by atoms with Gasteiger partial charge in [0.15, 0.2) is 5.78 Å². The predicted molar refractivity (Wildman–Crippen MR) is 92.1 cm³/mol. The van der Waals surface area contributed by atoms with Gasteiger partial charge < -0.3 is 0 Å². The van der Waals surface area contributed by atoms with Gasteiger partial charge >= 0.3 is 0 Å². The molecule has 19 heavy (non-hydrogen) atoms. The Morgan fingerprint density at radius 1 is 1.11 bits per heavy atom. The molecular formula is C15H8BrIOS. The zero-order chi connectivity index (χ0) is 13.4. The first-order valence-electron chi connectivity index (χ1n) is 5.63. The Labute approximate surface area is 136 Å². The first kappa shape index (κ1) is 13.3. The van der Waals surface area contributed by atoms with Crippen molar-refractivity contribution >= 4 is 65.7 Å². The van der Waals surface area contributed by atoms with E-state index in [1.54, 1.807) is 11.3 Å². The fraction of sp³-hybridized carbons (Fsp3) is 0. The Kier molecular flexibility index (Phi) is 3.73. The topological polar surface area (TPSA) is 17.1 Å². The van der Waals surface area contributed by atoms with Crippen molar-refractivity contribution in [3.63, 3.8) is 0 Å². The Morgan fingerprint density at radius 3 is 2.74 bits per heavy atom. The fourth-order valence-electron chi connectivity index (χ4n) is 1.97. The monoisotopic (exact) mass is 442 g/mol. The minimum Gasteiger partial charge on any atom is -0.289 e.